The van der Waals surface area contributed by atoms with Gasteiger partial charge < -0.3 is 9.84 Å². The maximum absolute atomic E-state index is 13.1. The van der Waals surface area contributed by atoms with Gasteiger partial charge in [-0.3, -0.25) is 4.79 Å². The lowest BCUT2D eigenvalue weighted by molar-refractivity contribution is -0.149. The molecule has 1 aliphatic heterocycles. The van der Waals surface area contributed by atoms with E-state index >= 15 is 0 Å². The predicted molar refractivity (Wildman–Crippen MR) is 128 cm³/mol. The number of carbonyl (C=O) groups excluding carboxylic acids is 1. The monoisotopic (exact) mass is 444 g/mol. The van der Waals surface area contributed by atoms with Crippen LogP contribution in [-0.4, -0.2) is 28.7 Å². The number of fused-ring (bicyclic) bond motifs is 4. The Kier molecular flexibility index (Phi) is 5.69. The third-order valence-electron chi connectivity index (χ3n) is 11.8. The summed E-state index contributed by atoms with van der Waals surface area (Å²) in [6.45, 7) is 14.1. The fourth-order valence-electron chi connectivity index (χ4n) is 10.2. The summed E-state index contributed by atoms with van der Waals surface area (Å²) in [6, 6.07) is 0. The summed E-state index contributed by atoms with van der Waals surface area (Å²) in [5.74, 6) is 4.53. The summed E-state index contributed by atoms with van der Waals surface area (Å²) in [4.78, 5) is 13.1. The van der Waals surface area contributed by atoms with E-state index in [2.05, 4.69) is 34.6 Å². The summed E-state index contributed by atoms with van der Waals surface area (Å²) < 4.78 is 6.56. The van der Waals surface area contributed by atoms with Crippen molar-refractivity contribution in [1.29, 1.82) is 0 Å². The molecule has 4 saturated carbocycles. The van der Waals surface area contributed by atoms with Crippen molar-refractivity contribution in [3.05, 3.63) is 0 Å². The first-order chi connectivity index (χ1) is 15.0. The third kappa shape index (κ3) is 3.15. The van der Waals surface area contributed by atoms with Gasteiger partial charge in [0.15, 0.2) is 0 Å². The normalized spacial score (nSPS) is 52.6. The summed E-state index contributed by atoms with van der Waals surface area (Å²) in [7, 11) is 0. The first-order valence-electron chi connectivity index (χ1n) is 13.9. The number of ketones is 1. The highest BCUT2D eigenvalue weighted by atomic mass is 16.6. The number of hydrogen-bond donors (Lipinski definition) is 1. The zero-order valence-electron chi connectivity index (χ0n) is 21.5. The number of hydrogen-bond acceptors (Lipinski definition) is 3. The van der Waals surface area contributed by atoms with E-state index < -0.39 is 0 Å². The lowest BCUT2D eigenvalue weighted by Crippen LogP contribution is -2.62. The summed E-state index contributed by atoms with van der Waals surface area (Å²) in [5.41, 5.74) is 0.291. The van der Waals surface area contributed by atoms with Crippen molar-refractivity contribution < 1.29 is 14.6 Å². The largest absolute Gasteiger partial charge is 0.393 e. The van der Waals surface area contributed by atoms with Crippen LogP contribution in [0.15, 0.2) is 0 Å². The number of carbonyl (C=O) groups is 1. The molecule has 5 aliphatic rings. The van der Waals surface area contributed by atoms with Crippen LogP contribution in [0.4, 0.5) is 0 Å². The van der Waals surface area contributed by atoms with E-state index in [1.807, 2.05) is 6.92 Å². The van der Waals surface area contributed by atoms with Gasteiger partial charge in [0, 0.05) is 17.8 Å². The van der Waals surface area contributed by atoms with Crippen LogP contribution in [0, 0.1) is 52.3 Å². The molecule has 3 heteroatoms. The van der Waals surface area contributed by atoms with E-state index in [0.29, 0.717) is 29.0 Å². The highest BCUT2D eigenvalue weighted by Gasteiger charge is 2.79. The molecular weight excluding hydrogens is 396 g/mol. The molecule has 3 nitrogen and oxygen atoms in total. The second-order valence-corrected chi connectivity index (χ2v) is 13.7. The van der Waals surface area contributed by atoms with Crippen LogP contribution in [0.1, 0.15) is 106 Å². The van der Waals surface area contributed by atoms with Crippen molar-refractivity contribution in [2.75, 3.05) is 0 Å². The van der Waals surface area contributed by atoms with Gasteiger partial charge >= 0.3 is 0 Å². The maximum Gasteiger partial charge on any atom is 0.135 e. The first-order valence-corrected chi connectivity index (χ1v) is 13.9. The molecule has 1 N–H and O–H groups in total. The van der Waals surface area contributed by atoms with E-state index in [0.717, 1.165) is 37.0 Å². The summed E-state index contributed by atoms with van der Waals surface area (Å²) in [5, 5.41) is 10.5. The first kappa shape index (κ1) is 23.3. The van der Waals surface area contributed by atoms with Gasteiger partial charge in [-0.05, 0) is 86.4 Å². The van der Waals surface area contributed by atoms with Crippen LogP contribution < -0.4 is 0 Å². The van der Waals surface area contributed by atoms with Gasteiger partial charge in [-0.1, -0.05) is 53.9 Å². The van der Waals surface area contributed by atoms with Gasteiger partial charge in [0.25, 0.3) is 0 Å². The van der Waals surface area contributed by atoms with Crippen molar-refractivity contribution in [3.63, 3.8) is 0 Å². The minimum atomic E-state index is -0.256. The van der Waals surface area contributed by atoms with Gasteiger partial charge in [0.2, 0.25) is 0 Å². The predicted octanol–water partition coefficient (Wildman–Crippen LogP) is 6.42. The Hall–Kier alpha value is -0.410. The Labute approximate surface area is 196 Å². The number of rotatable bonds is 6. The summed E-state index contributed by atoms with van der Waals surface area (Å²) in [6.07, 6.45) is 11.8. The Bertz CT molecular complexity index is 747. The molecule has 4 aliphatic carbocycles. The Morgan fingerprint density at radius 2 is 1.78 bits per heavy atom. The molecule has 11 atom stereocenters. The smallest absolute Gasteiger partial charge is 0.135 e. The van der Waals surface area contributed by atoms with Gasteiger partial charge in [0.1, 0.15) is 11.4 Å². The maximum atomic E-state index is 13.1. The zero-order valence-corrected chi connectivity index (χ0v) is 21.5. The average molecular weight is 445 g/mol. The quantitative estimate of drug-likeness (QED) is 0.481. The minimum Gasteiger partial charge on any atom is -0.393 e. The van der Waals surface area contributed by atoms with Gasteiger partial charge in [-0.25, -0.2) is 0 Å². The number of aliphatic hydroxyl groups excluding tert-OH is 1. The van der Waals surface area contributed by atoms with E-state index in [4.69, 9.17) is 4.74 Å². The zero-order chi connectivity index (χ0) is 23.1. The second kappa shape index (κ2) is 7.80. The van der Waals surface area contributed by atoms with Crippen LogP contribution in [0.3, 0.4) is 0 Å². The van der Waals surface area contributed by atoms with Crippen LogP contribution in [-0.2, 0) is 9.53 Å². The van der Waals surface area contributed by atoms with E-state index in [1.165, 1.54) is 44.9 Å². The number of Topliss-reactive ketones (excluding diaryl/α,β-unsaturated/α-hetero) is 1. The topological polar surface area (TPSA) is 49.8 Å². The highest BCUT2D eigenvalue weighted by molar-refractivity contribution is 5.80. The number of aliphatic hydroxyl groups is 1. The van der Waals surface area contributed by atoms with Crippen molar-refractivity contribution in [2.45, 2.75) is 124 Å². The number of ether oxygens (including phenoxy) is 1. The van der Waals surface area contributed by atoms with Crippen molar-refractivity contribution >= 4 is 5.78 Å². The molecule has 0 aromatic heterocycles. The molecular formula is C29H48O3. The molecule has 182 valence electrons. The van der Waals surface area contributed by atoms with E-state index in [1.54, 1.807) is 0 Å². The Morgan fingerprint density at radius 3 is 2.47 bits per heavy atom. The Morgan fingerprint density at radius 1 is 1.03 bits per heavy atom. The van der Waals surface area contributed by atoms with Gasteiger partial charge in [-0.15, -0.1) is 0 Å². The molecule has 1 spiro atoms. The molecule has 0 aromatic carbocycles. The lowest BCUT2D eigenvalue weighted by Gasteiger charge is -2.61. The van der Waals surface area contributed by atoms with Crippen LogP contribution in [0.2, 0.25) is 0 Å². The molecule has 0 bridgehead atoms. The van der Waals surface area contributed by atoms with Gasteiger partial charge in [-0.2, -0.15) is 0 Å². The molecule has 0 amide bonds. The molecule has 5 rings (SSSR count). The number of epoxide rings is 1. The molecule has 1 heterocycles. The highest BCUT2D eigenvalue weighted by Crippen LogP contribution is 2.75. The van der Waals surface area contributed by atoms with Gasteiger partial charge in [0.05, 0.1) is 12.2 Å². The molecule has 1 saturated heterocycles. The lowest BCUT2D eigenvalue weighted by atomic mass is 9.41. The fourth-order valence-corrected chi connectivity index (χ4v) is 10.2. The fraction of sp³-hybridized carbons (Fsp3) is 0.966. The standard InChI is InChI=1S/C29H48O3/c1-17(2)8-7-9-18(3)21-10-11-22-25-23(13-14-27(21,22)5)28(6)15-12-20(31)16-29(28)26(32-29)24(25)19(4)30/h17-18,20-26,31H,7-16H2,1-6H3/t18-,20+,21-,22+,23+,24?,25+,26?,27-,28-,29?/m1/s1. The SMILES string of the molecule is CC(=O)C1C2OC23C[C@@H](O)CC[C@]3(C)[C@H]2CC[C@]3(C)[C@@H]([C@H](C)CCCC(C)C)CC[C@H]3[C@H]12. The molecule has 3 unspecified atom stereocenters. The van der Waals surface area contributed by atoms with E-state index in [9.17, 15) is 9.90 Å². The minimum absolute atomic E-state index is 0.0537. The molecule has 5 fully saturated rings. The molecule has 0 aromatic rings. The van der Waals surface area contributed by atoms with E-state index in [-0.39, 0.29) is 29.1 Å². The van der Waals surface area contributed by atoms with Crippen LogP contribution in [0.25, 0.3) is 0 Å². The summed E-state index contributed by atoms with van der Waals surface area (Å²) >= 11 is 0. The molecule has 32 heavy (non-hydrogen) atoms. The van der Waals surface area contributed by atoms with Crippen molar-refractivity contribution in [2.24, 2.45) is 52.3 Å². The van der Waals surface area contributed by atoms with Crippen LogP contribution in [0.5, 0.6) is 0 Å². The second-order valence-electron chi connectivity index (χ2n) is 13.7. The van der Waals surface area contributed by atoms with Crippen molar-refractivity contribution in [1.82, 2.24) is 0 Å². The Balaban J connectivity index is 1.42. The average Bonchev–Trinajstić information content (AvgIpc) is 3.30. The van der Waals surface area contributed by atoms with Crippen LogP contribution >= 0.6 is 0 Å². The molecule has 0 radical (unpaired) electrons. The van der Waals surface area contributed by atoms with Crippen molar-refractivity contribution in [3.8, 4) is 0 Å². The third-order valence-corrected chi connectivity index (χ3v) is 11.8.